The molecule has 18 heavy (non-hydrogen) atoms. The molecule has 0 aliphatic rings. The van der Waals surface area contributed by atoms with Crippen LogP contribution < -0.4 is 0 Å². The molecular weight excluding hydrogens is 224 g/mol. The lowest BCUT2D eigenvalue weighted by Gasteiger charge is -2.16. The summed E-state index contributed by atoms with van der Waals surface area (Å²) in [4.78, 5) is 11.8. The number of hydrogen-bond donors (Lipinski definition) is 0. The van der Waals surface area contributed by atoms with Gasteiger partial charge in [-0.05, 0) is 48.4 Å². The van der Waals surface area contributed by atoms with Crippen molar-refractivity contribution < 1.29 is 9.53 Å². The molecule has 0 fully saturated rings. The number of rotatable bonds is 6. The third-order valence-corrected chi connectivity index (χ3v) is 3.32. The quantitative estimate of drug-likeness (QED) is 0.716. The van der Waals surface area contributed by atoms with Crippen LogP contribution in [-0.2, 0) is 17.6 Å². The van der Waals surface area contributed by atoms with Crippen molar-refractivity contribution in [1.82, 2.24) is 0 Å². The Morgan fingerprint density at radius 1 is 1.28 bits per heavy atom. The van der Waals surface area contributed by atoms with E-state index < -0.39 is 0 Å². The van der Waals surface area contributed by atoms with Gasteiger partial charge in [-0.15, -0.1) is 0 Å². The second-order valence-corrected chi connectivity index (χ2v) is 5.02. The van der Waals surface area contributed by atoms with E-state index in [4.69, 9.17) is 4.74 Å². The summed E-state index contributed by atoms with van der Waals surface area (Å²) in [5, 5.41) is 0. The number of aryl methyl sites for hydroxylation is 1. The molecule has 0 radical (unpaired) electrons. The number of ether oxygens (including phenoxy) is 1. The summed E-state index contributed by atoms with van der Waals surface area (Å²) >= 11 is 0. The maximum Gasteiger partial charge on any atom is 0.160 e. The number of carbonyl (C=O) groups is 1. The largest absolute Gasteiger partial charge is 0.384 e. The Kier molecular flexibility index (Phi) is 5.54. The average Bonchev–Trinajstić information content (AvgIpc) is 2.34. The van der Waals surface area contributed by atoms with Crippen LogP contribution in [0.5, 0.6) is 0 Å². The molecule has 2 heteroatoms. The predicted molar refractivity (Wildman–Crippen MR) is 75.5 cm³/mol. The molecule has 0 aliphatic carbocycles. The van der Waals surface area contributed by atoms with Gasteiger partial charge in [0.2, 0.25) is 0 Å². The molecule has 0 N–H and O–H groups in total. The van der Waals surface area contributed by atoms with Gasteiger partial charge in [-0.1, -0.05) is 26.8 Å². The Hall–Kier alpha value is -1.15. The molecule has 0 aliphatic heterocycles. The van der Waals surface area contributed by atoms with Crippen molar-refractivity contribution in [3.8, 4) is 0 Å². The van der Waals surface area contributed by atoms with Crippen LogP contribution in [0.4, 0.5) is 0 Å². The topological polar surface area (TPSA) is 26.3 Å². The number of hydrogen-bond acceptors (Lipinski definition) is 2. The Morgan fingerprint density at radius 2 is 1.94 bits per heavy atom. The van der Waals surface area contributed by atoms with Gasteiger partial charge in [0.1, 0.15) is 0 Å². The fraction of sp³-hybridized carbons (Fsp3) is 0.562. The van der Waals surface area contributed by atoms with E-state index >= 15 is 0 Å². The summed E-state index contributed by atoms with van der Waals surface area (Å²) in [6, 6.07) is 4.27. The molecule has 2 nitrogen and oxygen atoms in total. The second kappa shape index (κ2) is 6.69. The summed E-state index contributed by atoms with van der Waals surface area (Å²) in [6.45, 7) is 8.81. The number of ketones is 1. The van der Waals surface area contributed by atoms with Crippen molar-refractivity contribution in [3.63, 3.8) is 0 Å². The first-order valence-corrected chi connectivity index (χ1v) is 6.66. The van der Waals surface area contributed by atoms with Crippen LogP contribution in [0, 0.1) is 0 Å². The van der Waals surface area contributed by atoms with Gasteiger partial charge >= 0.3 is 0 Å². The van der Waals surface area contributed by atoms with E-state index in [0.29, 0.717) is 12.5 Å². The zero-order chi connectivity index (χ0) is 13.7. The average molecular weight is 248 g/mol. The molecule has 0 heterocycles. The van der Waals surface area contributed by atoms with E-state index in [1.54, 1.807) is 14.0 Å². The van der Waals surface area contributed by atoms with E-state index in [0.717, 1.165) is 24.0 Å². The van der Waals surface area contributed by atoms with Crippen molar-refractivity contribution in [1.29, 1.82) is 0 Å². The number of Topliss-reactive ketones (excluding diaryl/α,β-unsaturated/α-hetero) is 1. The molecule has 1 aromatic carbocycles. The van der Waals surface area contributed by atoms with Crippen molar-refractivity contribution in [2.45, 2.75) is 46.5 Å². The highest BCUT2D eigenvalue weighted by molar-refractivity contribution is 5.96. The SMILES string of the molecule is CCc1cc(CCOC)c(C(C)=O)cc1C(C)C. The van der Waals surface area contributed by atoms with Gasteiger partial charge in [0.15, 0.2) is 5.78 Å². The summed E-state index contributed by atoms with van der Waals surface area (Å²) in [5.41, 5.74) is 4.61. The van der Waals surface area contributed by atoms with Gasteiger partial charge in [-0.25, -0.2) is 0 Å². The van der Waals surface area contributed by atoms with Crippen LogP contribution >= 0.6 is 0 Å². The molecule has 100 valence electrons. The third-order valence-electron chi connectivity index (χ3n) is 3.32. The normalized spacial score (nSPS) is 11.0. The number of methoxy groups -OCH3 is 1. The van der Waals surface area contributed by atoms with Gasteiger partial charge < -0.3 is 4.74 Å². The van der Waals surface area contributed by atoms with Gasteiger partial charge in [0.05, 0.1) is 6.61 Å². The minimum atomic E-state index is 0.144. The maximum atomic E-state index is 11.8. The van der Waals surface area contributed by atoms with Gasteiger partial charge in [-0.3, -0.25) is 4.79 Å². The van der Waals surface area contributed by atoms with E-state index in [1.807, 2.05) is 0 Å². The fourth-order valence-electron chi connectivity index (χ4n) is 2.30. The van der Waals surface area contributed by atoms with E-state index in [1.165, 1.54) is 11.1 Å². The lowest BCUT2D eigenvalue weighted by molar-refractivity contribution is 0.101. The predicted octanol–water partition coefficient (Wildman–Crippen LogP) is 3.76. The lowest BCUT2D eigenvalue weighted by atomic mass is 9.89. The highest BCUT2D eigenvalue weighted by Gasteiger charge is 2.13. The van der Waals surface area contributed by atoms with Crippen LogP contribution in [0.1, 0.15) is 60.7 Å². The standard InChI is InChI=1S/C16H24O2/c1-6-13-9-14(7-8-18-5)16(12(4)17)10-15(13)11(2)3/h9-11H,6-8H2,1-5H3. The van der Waals surface area contributed by atoms with Gasteiger partial charge in [-0.2, -0.15) is 0 Å². The van der Waals surface area contributed by atoms with Crippen LogP contribution in [0.25, 0.3) is 0 Å². The van der Waals surface area contributed by atoms with Crippen LogP contribution in [0.2, 0.25) is 0 Å². The minimum absolute atomic E-state index is 0.144. The molecule has 0 saturated carbocycles. The van der Waals surface area contributed by atoms with Crippen molar-refractivity contribution in [2.75, 3.05) is 13.7 Å². The molecule has 0 spiro atoms. The lowest BCUT2D eigenvalue weighted by Crippen LogP contribution is -2.07. The van der Waals surface area contributed by atoms with Crippen molar-refractivity contribution >= 4 is 5.78 Å². The monoisotopic (exact) mass is 248 g/mol. The Labute approximate surface area is 110 Å². The van der Waals surface area contributed by atoms with Crippen molar-refractivity contribution in [3.05, 3.63) is 34.4 Å². The molecule has 1 aromatic rings. The molecule has 0 amide bonds. The second-order valence-electron chi connectivity index (χ2n) is 5.02. The zero-order valence-corrected chi connectivity index (χ0v) is 12.2. The smallest absolute Gasteiger partial charge is 0.160 e. The zero-order valence-electron chi connectivity index (χ0n) is 12.2. The first-order chi connectivity index (χ1) is 8.51. The summed E-state index contributed by atoms with van der Waals surface area (Å²) in [5.74, 6) is 0.597. The molecule has 0 saturated heterocycles. The molecule has 0 aromatic heterocycles. The Bertz CT molecular complexity index is 419. The Balaban J connectivity index is 3.27. The first-order valence-electron chi connectivity index (χ1n) is 6.66. The Morgan fingerprint density at radius 3 is 2.39 bits per heavy atom. The molecule has 0 atom stereocenters. The van der Waals surface area contributed by atoms with Gasteiger partial charge in [0, 0.05) is 12.7 Å². The molecular formula is C16H24O2. The number of carbonyl (C=O) groups excluding carboxylic acids is 1. The highest BCUT2D eigenvalue weighted by Crippen LogP contribution is 2.25. The van der Waals surface area contributed by atoms with Crippen LogP contribution in [-0.4, -0.2) is 19.5 Å². The number of benzene rings is 1. The minimum Gasteiger partial charge on any atom is -0.384 e. The summed E-state index contributed by atoms with van der Waals surface area (Å²) < 4.78 is 5.12. The summed E-state index contributed by atoms with van der Waals surface area (Å²) in [6.07, 6.45) is 1.81. The van der Waals surface area contributed by atoms with Crippen LogP contribution in [0.3, 0.4) is 0 Å². The third kappa shape index (κ3) is 3.42. The van der Waals surface area contributed by atoms with Crippen molar-refractivity contribution in [2.24, 2.45) is 0 Å². The molecule has 0 bridgehead atoms. The molecule has 1 rings (SSSR count). The maximum absolute atomic E-state index is 11.8. The molecule has 0 unspecified atom stereocenters. The van der Waals surface area contributed by atoms with Gasteiger partial charge in [0.25, 0.3) is 0 Å². The first kappa shape index (κ1) is 14.9. The summed E-state index contributed by atoms with van der Waals surface area (Å²) in [7, 11) is 1.69. The highest BCUT2D eigenvalue weighted by atomic mass is 16.5. The van der Waals surface area contributed by atoms with E-state index in [2.05, 4.69) is 32.9 Å². The van der Waals surface area contributed by atoms with Crippen LogP contribution in [0.15, 0.2) is 12.1 Å². The fourth-order valence-corrected chi connectivity index (χ4v) is 2.30. The van der Waals surface area contributed by atoms with E-state index in [9.17, 15) is 4.79 Å². The van der Waals surface area contributed by atoms with E-state index in [-0.39, 0.29) is 5.78 Å².